The third-order valence-corrected chi connectivity index (χ3v) is 5.06. The summed E-state index contributed by atoms with van der Waals surface area (Å²) in [4.78, 5) is 24.0. The standard InChI is InChI=1S/C20H23N5O/c1-24-17-9-3-2-8-16(17)23-19(24)13-22-20(26)18-10-6-12-25(18)14-15-7-4-5-11-21-15/h2-5,7-9,11,18H,6,10,12-14H2,1H3,(H,22,26). The van der Waals surface area contributed by atoms with Gasteiger partial charge in [0.15, 0.2) is 0 Å². The second-order valence-corrected chi connectivity index (χ2v) is 6.74. The molecule has 1 atom stereocenters. The van der Waals surface area contributed by atoms with Crippen LogP contribution >= 0.6 is 0 Å². The first kappa shape index (κ1) is 16.7. The Morgan fingerprint density at radius 2 is 2.08 bits per heavy atom. The fraction of sp³-hybridized carbons (Fsp3) is 0.350. The van der Waals surface area contributed by atoms with Crippen molar-refractivity contribution in [3.63, 3.8) is 0 Å². The van der Waals surface area contributed by atoms with Crippen LogP contribution in [0.25, 0.3) is 11.0 Å². The summed E-state index contributed by atoms with van der Waals surface area (Å²) in [5.74, 6) is 0.944. The monoisotopic (exact) mass is 349 g/mol. The smallest absolute Gasteiger partial charge is 0.237 e. The highest BCUT2D eigenvalue weighted by Crippen LogP contribution is 2.20. The van der Waals surface area contributed by atoms with Crippen LogP contribution in [0.2, 0.25) is 0 Å². The molecule has 1 amide bonds. The van der Waals surface area contributed by atoms with E-state index in [2.05, 4.69) is 20.2 Å². The van der Waals surface area contributed by atoms with Crippen molar-refractivity contribution in [1.29, 1.82) is 0 Å². The molecule has 1 fully saturated rings. The van der Waals surface area contributed by atoms with E-state index in [0.29, 0.717) is 13.1 Å². The topological polar surface area (TPSA) is 63.1 Å². The zero-order valence-corrected chi connectivity index (χ0v) is 14.9. The normalized spacial score (nSPS) is 17.7. The number of likely N-dealkylation sites (tertiary alicyclic amines) is 1. The third-order valence-electron chi connectivity index (χ3n) is 5.06. The first-order valence-electron chi connectivity index (χ1n) is 9.04. The molecule has 1 aromatic carbocycles. The van der Waals surface area contributed by atoms with E-state index in [0.717, 1.165) is 41.9 Å². The second kappa shape index (κ2) is 7.25. The summed E-state index contributed by atoms with van der Waals surface area (Å²) in [5.41, 5.74) is 3.04. The van der Waals surface area contributed by atoms with E-state index in [1.54, 1.807) is 6.20 Å². The van der Waals surface area contributed by atoms with Gasteiger partial charge in [0.1, 0.15) is 5.82 Å². The number of aromatic nitrogens is 3. The maximum Gasteiger partial charge on any atom is 0.237 e. The highest BCUT2D eigenvalue weighted by atomic mass is 16.2. The molecule has 134 valence electrons. The van der Waals surface area contributed by atoms with Gasteiger partial charge in [-0.3, -0.25) is 14.7 Å². The van der Waals surface area contributed by atoms with Gasteiger partial charge in [-0.25, -0.2) is 4.98 Å². The molecule has 1 saturated heterocycles. The summed E-state index contributed by atoms with van der Waals surface area (Å²) in [6, 6.07) is 13.8. The van der Waals surface area contributed by atoms with E-state index in [1.165, 1.54) is 0 Å². The van der Waals surface area contributed by atoms with Crippen LogP contribution in [-0.2, 0) is 24.9 Å². The van der Waals surface area contributed by atoms with Gasteiger partial charge in [-0.2, -0.15) is 0 Å². The molecule has 1 unspecified atom stereocenters. The molecular formula is C20H23N5O. The van der Waals surface area contributed by atoms with E-state index in [4.69, 9.17) is 0 Å². The molecule has 1 aliphatic heterocycles. The number of fused-ring (bicyclic) bond motifs is 1. The maximum absolute atomic E-state index is 12.7. The van der Waals surface area contributed by atoms with Gasteiger partial charge in [-0.1, -0.05) is 18.2 Å². The van der Waals surface area contributed by atoms with Crippen molar-refractivity contribution < 1.29 is 4.79 Å². The van der Waals surface area contributed by atoms with Crippen molar-refractivity contribution in [2.75, 3.05) is 6.54 Å². The number of nitrogens with one attached hydrogen (secondary N) is 1. The van der Waals surface area contributed by atoms with Crippen LogP contribution in [0, 0.1) is 0 Å². The molecule has 6 nitrogen and oxygen atoms in total. The number of imidazole rings is 1. The Labute approximate surface area is 152 Å². The lowest BCUT2D eigenvalue weighted by molar-refractivity contribution is -0.125. The minimum absolute atomic E-state index is 0.0745. The van der Waals surface area contributed by atoms with Crippen molar-refractivity contribution in [3.8, 4) is 0 Å². The minimum atomic E-state index is -0.0910. The Bertz CT molecular complexity index is 905. The third kappa shape index (κ3) is 3.32. The Kier molecular flexibility index (Phi) is 4.67. The van der Waals surface area contributed by atoms with Crippen LogP contribution in [0.5, 0.6) is 0 Å². The predicted octanol–water partition coefficient (Wildman–Crippen LogP) is 2.25. The lowest BCUT2D eigenvalue weighted by Crippen LogP contribution is -2.43. The summed E-state index contributed by atoms with van der Waals surface area (Å²) in [6.45, 7) is 2.09. The molecular weight excluding hydrogens is 326 g/mol. The van der Waals surface area contributed by atoms with Crippen molar-refractivity contribution in [1.82, 2.24) is 24.8 Å². The van der Waals surface area contributed by atoms with Gasteiger partial charge in [0.25, 0.3) is 0 Å². The number of hydrogen-bond donors (Lipinski definition) is 1. The first-order valence-corrected chi connectivity index (χ1v) is 9.04. The second-order valence-electron chi connectivity index (χ2n) is 6.74. The molecule has 4 rings (SSSR count). The maximum atomic E-state index is 12.7. The summed E-state index contributed by atoms with van der Waals surface area (Å²) < 4.78 is 2.04. The van der Waals surface area contributed by atoms with E-state index in [9.17, 15) is 4.79 Å². The zero-order valence-electron chi connectivity index (χ0n) is 14.9. The van der Waals surface area contributed by atoms with Crippen molar-refractivity contribution >= 4 is 16.9 Å². The van der Waals surface area contributed by atoms with E-state index >= 15 is 0 Å². The quantitative estimate of drug-likeness (QED) is 0.767. The van der Waals surface area contributed by atoms with Crippen LogP contribution in [-0.4, -0.2) is 37.9 Å². The molecule has 1 aliphatic rings. The Balaban J connectivity index is 1.41. The summed E-state index contributed by atoms with van der Waals surface area (Å²) >= 11 is 0. The van der Waals surface area contributed by atoms with Crippen molar-refractivity contribution in [3.05, 3.63) is 60.2 Å². The number of aryl methyl sites for hydroxylation is 1. The van der Waals surface area contributed by atoms with Crippen LogP contribution < -0.4 is 5.32 Å². The fourth-order valence-corrected chi connectivity index (χ4v) is 3.65. The largest absolute Gasteiger partial charge is 0.348 e. The first-order chi connectivity index (χ1) is 12.7. The average molecular weight is 349 g/mol. The molecule has 1 N–H and O–H groups in total. The molecule has 0 aliphatic carbocycles. The van der Waals surface area contributed by atoms with Gasteiger partial charge in [-0.05, 0) is 43.7 Å². The summed E-state index contributed by atoms with van der Waals surface area (Å²) in [5, 5.41) is 3.07. The number of nitrogens with zero attached hydrogens (tertiary/aromatic N) is 4. The SMILES string of the molecule is Cn1c(CNC(=O)C2CCCN2Cc2ccccn2)nc2ccccc21. The van der Waals surface area contributed by atoms with Gasteiger partial charge in [-0.15, -0.1) is 0 Å². The number of carbonyl (C=O) groups is 1. The van der Waals surface area contributed by atoms with E-state index in [-0.39, 0.29) is 11.9 Å². The molecule has 2 aromatic heterocycles. The lowest BCUT2D eigenvalue weighted by atomic mass is 10.2. The number of rotatable bonds is 5. The predicted molar refractivity (Wildman–Crippen MR) is 100 cm³/mol. The number of para-hydroxylation sites is 2. The van der Waals surface area contributed by atoms with Crippen molar-refractivity contribution in [2.45, 2.75) is 32.0 Å². The minimum Gasteiger partial charge on any atom is -0.348 e. The average Bonchev–Trinajstić information content (AvgIpc) is 3.26. The Morgan fingerprint density at radius 1 is 1.23 bits per heavy atom. The number of carbonyl (C=O) groups excluding carboxylic acids is 1. The molecule has 0 radical (unpaired) electrons. The van der Waals surface area contributed by atoms with E-state index in [1.807, 2.05) is 54.1 Å². The van der Waals surface area contributed by atoms with Gasteiger partial charge < -0.3 is 9.88 Å². The highest BCUT2D eigenvalue weighted by Gasteiger charge is 2.30. The van der Waals surface area contributed by atoms with Crippen LogP contribution in [0.1, 0.15) is 24.4 Å². The zero-order chi connectivity index (χ0) is 17.9. The van der Waals surface area contributed by atoms with Gasteiger partial charge in [0.05, 0.1) is 29.3 Å². The summed E-state index contributed by atoms with van der Waals surface area (Å²) in [6.07, 6.45) is 3.73. The lowest BCUT2D eigenvalue weighted by Gasteiger charge is -2.23. The Hall–Kier alpha value is -2.73. The summed E-state index contributed by atoms with van der Waals surface area (Å²) in [7, 11) is 1.99. The molecule has 26 heavy (non-hydrogen) atoms. The van der Waals surface area contributed by atoms with Crippen LogP contribution in [0.15, 0.2) is 48.7 Å². The number of pyridine rings is 1. The van der Waals surface area contributed by atoms with Crippen LogP contribution in [0.3, 0.4) is 0 Å². The number of benzene rings is 1. The highest BCUT2D eigenvalue weighted by molar-refractivity contribution is 5.82. The molecule has 0 bridgehead atoms. The Morgan fingerprint density at radius 3 is 2.88 bits per heavy atom. The van der Waals surface area contributed by atoms with Gasteiger partial charge in [0.2, 0.25) is 5.91 Å². The van der Waals surface area contributed by atoms with Crippen LogP contribution in [0.4, 0.5) is 0 Å². The fourth-order valence-electron chi connectivity index (χ4n) is 3.65. The van der Waals surface area contributed by atoms with Gasteiger partial charge >= 0.3 is 0 Å². The molecule has 0 saturated carbocycles. The number of amides is 1. The molecule has 3 heterocycles. The molecule has 6 heteroatoms. The van der Waals surface area contributed by atoms with Gasteiger partial charge in [0, 0.05) is 19.8 Å². The van der Waals surface area contributed by atoms with Crippen molar-refractivity contribution in [2.24, 2.45) is 7.05 Å². The van der Waals surface area contributed by atoms with E-state index < -0.39 is 0 Å². The number of hydrogen-bond acceptors (Lipinski definition) is 4. The molecule has 0 spiro atoms. The molecule has 3 aromatic rings.